The normalized spacial score (nSPS) is 30.2. The predicted molar refractivity (Wildman–Crippen MR) is 70.4 cm³/mol. The van der Waals surface area contributed by atoms with Crippen molar-refractivity contribution < 1.29 is 8.42 Å². The van der Waals surface area contributed by atoms with Crippen LogP contribution >= 0.6 is 23.2 Å². The Morgan fingerprint density at radius 3 is 2.56 bits per heavy atom. The van der Waals surface area contributed by atoms with Crippen LogP contribution in [0.1, 0.15) is 0 Å². The standard InChI is InChI=1S/C11H12Cl2N2O2S/c12-8-2-1-3-9(10(8)13)18(16,17)15-11-6-4-14-5-7(6)11/h1-3,6-7,11,14-15H,4-5H2. The summed E-state index contributed by atoms with van der Waals surface area (Å²) < 4.78 is 27.1. The molecule has 0 radical (unpaired) electrons. The molecule has 1 aromatic carbocycles. The summed E-state index contributed by atoms with van der Waals surface area (Å²) in [6.07, 6.45) is 0. The molecule has 1 saturated carbocycles. The van der Waals surface area contributed by atoms with Gasteiger partial charge in [0.1, 0.15) is 4.90 Å². The largest absolute Gasteiger partial charge is 0.316 e. The number of nitrogens with one attached hydrogen (secondary N) is 2. The minimum Gasteiger partial charge on any atom is -0.316 e. The molecular formula is C11H12Cl2N2O2S. The van der Waals surface area contributed by atoms with E-state index >= 15 is 0 Å². The Morgan fingerprint density at radius 2 is 1.89 bits per heavy atom. The molecular weight excluding hydrogens is 295 g/mol. The third-order valence-electron chi connectivity index (χ3n) is 3.59. The summed E-state index contributed by atoms with van der Waals surface area (Å²) in [4.78, 5) is 0.0506. The Kier molecular flexibility index (Phi) is 3.07. The molecule has 2 fully saturated rings. The second kappa shape index (κ2) is 4.35. The van der Waals surface area contributed by atoms with E-state index in [-0.39, 0.29) is 21.0 Å². The Morgan fingerprint density at radius 1 is 1.22 bits per heavy atom. The molecule has 7 heteroatoms. The zero-order chi connectivity index (χ0) is 12.9. The van der Waals surface area contributed by atoms with Gasteiger partial charge in [-0.25, -0.2) is 13.1 Å². The average molecular weight is 307 g/mol. The van der Waals surface area contributed by atoms with Crippen LogP contribution in [-0.2, 0) is 10.0 Å². The van der Waals surface area contributed by atoms with Crippen molar-refractivity contribution in [2.75, 3.05) is 13.1 Å². The molecule has 2 N–H and O–H groups in total. The van der Waals surface area contributed by atoms with Crippen LogP contribution in [0.25, 0.3) is 0 Å². The van der Waals surface area contributed by atoms with Gasteiger partial charge in [0.05, 0.1) is 10.0 Å². The van der Waals surface area contributed by atoms with Crippen molar-refractivity contribution in [3.63, 3.8) is 0 Å². The molecule has 0 bridgehead atoms. The van der Waals surface area contributed by atoms with E-state index in [9.17, 15) is 8.42 Å². The van der Waals surface area contributed by atoms with E-state index < -0.39 is 10.0 Å². The first-order valence-corrected chi connectivity index (χ1v) is 7.91. The Balaban J connectivity index is 1.84. The van der Waals surface area contributed by atoms with E-state index in [0.29, 0.717) is 11.8 Å². The lowest BCUT2D eigenvalue weighted by molar-refractivity contribution is 0.565. The van der Waals surface area contributed by atoms with Gasteiger partial charge < -0.3 is 5.32 Å². The van der Waals surface area contributed by atoms with Gasteiger partial charge in [0.25, 0.3) is 0 Å². The van der Waals surface area contributed by atoms with Crippen LogP contribution in [0.4, 0.5) is 0 Å². The molecule has 1 saturated heterocycles. The molecule has 2 aliphatic rings. The Hall–Kier alpha value is -0.330. The summed E-state index contributed by atoms with van der Waals surface area (Å²) >= 11 is 11.8. The molecule has 4 nitrogen and oxygen atoms in total. The third-order valence-corrected chi connectivity index (χ3v) is 6.02. The minimum atomic E-state index is -3.59. The monoisotopic (exact) mass is 306 g/mol. The van der Waals surface area contributed by atoms with Crippen molar-refractivity contribution in [3.05, 3.63) is 28.2 Å². The number of hydrogen-bond donors (Lipinski definition) is 2. The summed E-state index contributed by atoms with van der Waals surface area (Å²) in [5.41, 5.74) is 0. The lowest BCUT2D eigenvalue weighted by atomic mass is 10.4. The van der Waals surface area contributed by atoms with Crippen molar-refractivity contribution in [2.24, 2.45) is 11.8 Å². The van der Waals surface area contributed by atoms with Gasteiger partial charge in [-0.05, 0) is 37.1 Å². The number of fused-ring (bicyclic) bond motifs is 1. The topological polar surface area (TPSA) is 58.2 Å². The van der Waals surface area contributed by atoms with Gasteiger partial charge in [-0.2, -0.15) is 0 Å². The zero-order valence-electron chi connectivity index (χ0n) is 9.36. The highest BCUT2D eigenvalue weighted by molar-refractivity contribution is 7.89. The molecule has 1 aromatic rings. The molecule has 0 aromatic heterocycles. The average Bonchev–Trinajstić information content (AvgIpc) is 2.76. The fraction of sp³-hybridized carbons (Fsp3) is 0.455. The number of rotatable bonds is 3. The molecule has 1 aliphatic heterocycles. The molecule has 0 amide bonds. The molecule has 1 heterocycles. The fourth-order valence-electron chi connectivity index (χ4n) is 2.53. The van der Waals surface area contributed by atoms with Gasteiger partial charge in [-0.1, -0.05) is 29.3 Å². The highest BCUT2D eigenvalue weighted by Gasteiger charge is 2.54. The van der Waals surface area contributed by atoms with E-state index in [1.807, 2.05) is 0 Å². The van der Waals surface area contributed by atoms with E-state index in [1.165, 1.54) is 6.07 Å². The maximum atomic E-state index is 12.2. The maximum absolute atomic E-state index is 12.2. The summed E-state index contributed by atoms with van der Waals surface area (Å²) in [7, 11) is -3.59. The van der Waals surface area contributed by atoms with Crippen LogP contribution < -0.4 is 10.0 Å². The minimum absolute atomic E-state index is 0.0336. The molecule has 1 aliphatic carbocycles. The van der Waals surface area contributed by atoms with E-state index in [2.05, 4.69) is 10.0 Å². The van der Waals surface area contributed by atoms with Crippen molar-refractivity contribution in [3.8, 4) is 0 Å². The van der Waals surface area contributed by atoms with Gasteiger partial charge in [0.15, 0.2) is 0 Å². The summed E-state index contributed by atoms with van der Waals surface area (Å²) in [5, 5.41) is 3.54. The SMILES string of the molecule is O=S(=O)(NC1C2CNCC21)c1cccc(Cl)c1Cl. The first-order chi connectivity index (χ1) is 8.50. The fourth-order valence-corrected chi connectivity index (χ4v) is 4.63. The van der Waals surface area contributed by atoms with Crippen molar-refractivity contribution >= 4 is 33.2 Å². The maximum Gasteiger partial charge on any atom is 0.242 e. The second-order valence-electron chi connectivity index (χ2n) is 4.68. The molecule has 2 atom stereocenters. The quantitative estimate of drug-likeness (QED) is 0.889. The Bertz CT molecular complexity index is 581. The predicted octanol–water partition coefficient (Wildman–Crippen LogP) is 1.49. The number of hydrogen-bond acceptors (Lipinski definition) is 3. The summed E-state index contributed by atoms with van der Waals surface area (Å²) in [6, 6.07) is 4.65. The molecule has 2 unspecified atom stereocenters. The van der Waals surface area contributed by atoms with Crippen LogP contribution in [0.15, 0.2) is 23.1 Å². The number of piperidine rings is 1. The van der Waals surface area contributed by atoms with E-state index in [4.69, 9.17) is 23.2 Å². The smallest absolute Gasteiger partial charge is 0.242 e. The van der Waals surface area contributed by atoms with Gasteiger partial charge in [-0.15, -0.1) is 0 Å². The lowest BCUT2D eigenvalue weighted by Gasteiger charge is -2.10. The zero-order valence-corrected chi connectivity index (χ0v) is 11.7. The Labute approximate surface area is 116 Å². The number of benzene rings is 1. The molecule has 3 rings (SSSR count). The van der Waals surface area contributed by atoms with Gasteiger partial charge >= 0.3 is 0 Å². The van der Waals surface area contributed by atoms with Gasteiger partial charge in [-0.3, -0.25) is 0 Å². The second-order valence-corrected chi connectivity index (χ2v) is 7.15. The highest BCUT2D eigenvalue weighted by atomic mass is 35.5. The van der Waals surface area contributed by atoms with Crippen molar-refractivity contribution in [2.45, 2.75) is 10.9 Å². The summed E-state index contributed by atoms with van der Waals surface area (Å²) in [5.74, 6) is 0.829. The van der Waals surface area contributed by atoms with E-state index in [1.54, 1.807) is 12.1 Å². The first-order valence-electron chi connectivity index (χ1n) is 5.68. The van der Waals surface area contributed by atoms with Crippen LogP contribution in [-0.4, -0.2) is 27.5 Å². The molecule has 0 spiro atoms. The van der Waals surface area contributed by atoms with E-state index in [0.717, 1.165) is 13.1 Å². The first kappa shape index (κ1) is 12.7. The van der Waals surface area contributed by atoms with Crippen LogP contribution in [0.3, 0.4) is 0 Å². The summed E-state index contributed by atoms with van der Waals surface area (Å²) in [6.45, 7) is 1.75. The van der Waals surface area contributed by atoms with Gasteiger partial charge in [0.2, 0.25) is 10.0 Å². The lowest BCUT2D eigenvalue weighted by Crippen LogP contribution is -2.32. The van der Waals surface area contributed by atoms with Crippen LogP contribution in [0.5, 0.6) is 0 Å². The third kappa shape index (κ3) is 2.04. The van der Waals surface area contributed by atoms with Gasteiger partial charge in [0, 0.05) is 6.04 Å². The van der Waals surface area contributed by atoms with Crippen molar-refractivity contribution in [1.82, 2.24) is 10.0 Å². The van der Waals surface area contributed by atoms with Crippen molar-refractivity contribution in [1.29, 1.82) is 0 Å². The molecule has 18 heavy (non-hydrogen) atoms. The highest BCUT2D eigenvalue weighted by Crippen LogP contribution is 2.42. The van der Waals surface area contributed by atoms with Crippen LogP contribution in [0.2, 0.25) is 10.0 Å². The molecule has 98 valence electrons. The number of sulfonamides is 1. The number of halogens is 2. The van der Waals surface area contributed by atoms with Crippen LogP contribution in [0, 0.1) is 11.8 Å².